The molecule has 1 atom stereocenters. The van der Waals surface area contributed by atoms with Gasteiger partial charge in [-0.05, 0) is 24.9 Å². The van der Waals surface area contributed by atoms with Crippen LogP contribution in [0.15, 0.2) is 35.4 Å². The summed E-state index contributed by atoms with van der Waals surface area (Å²) < 4.78 is 37.9. The van der Waals surface area contributed by atoms with E-state index in [-0.39, 0.29) is 6.04 Å². The lowest BCUT2D eigenvalue weighted by molar-refractivity contribution is -0.137. The summed E-state index contributed by atoms with van der Waals surface area (Å²) in [6.45, 7) is 0. The number of hydrogen-bond acceptors (Lipinski definition) is 4. The molecule has 2 rings (SSSR count). The largest absolute Gasteiger partial charge is 0.443 e. The van der Waals surface area contributed by atoms with Crippen molar-refractivity contribution in [2.75, 3.05) is 13.3 Å². The van der Waals surface area contributed by atoms with Crippen LogP contribution in [0.1, 0.15) is 21.5 Å². The normalized spacial score (nSPS) is 13.4. The molecule has 0 radical (unpaired) electrons. The van der Waals surface area contributed by atoms with E-state index in [2.05, 4.69) is 10.3 Å². The van der Waals surface area contributed by atoms with E-state index in [1.807, 2.05) is 30.5 Å². The average Bonchev–Trinajstić information content (AvgIpc) is 2.90. The molecular weight excluding hydrogens is 305 g/mol. The molecule has 1 aromatic carbocycles. The molecule has 1 heterocycles. The van der Waals surface area contributed by atoms with Gasteiger partial charge in [0.1, 0.15) is 0 Å². The highest BCUT2D eigenvalue weighted by molar-refractivity contribution is 7.98. The van der Waals surface area contributed by atoms with Gasteiger partial charge in [0.2, 0.25) is 0 Å². The summed E-state index contributed by atoms with van der Waals surface area (Å²) in [6, 6.07) is 7.38. The second-order valence-corrected chi connectivity index (χ2v) is 5.94. The maximum Gasteiger partial charge on any atom is 0.443 e. The van der Waals surface area contributed by atoms with Crippen LogP contribution in [0.5, 0.6) is 0 Å². The molecule has 108 valence electrons. The molecule has 2 aromatic rings. The van der Waals surface area contributed by atoms with Crippen LogP contribution in [0.4, 0.5) is 13.2 Å². The van der Waals surface area contributed by atoms with Gasteiger partial charge in [-0.25, -0.2) is 4.98 Å². The van der Waals surface area contributed by atoms with Gasteiger partial charge >= 0.3 is 6.18 Å². The van der Waals surface area contributed by atoms with Crippen LogP contribution in [0.25, 0.3) is 0 Å². The number of halogens is 3. The summed E-state index contributed by atoms with van der Waals surface area (Å²) in [4.78, 5) is 5.08. The Balaban J connectivity index is 2.40. The topological polar surface area (TPSA) is 24.9 Å². The molecule has 0 bridgehead atoms. The first kappa shape index (κ1) is 15.3. The molecule has 20 heavy (non-hydrogen) atoms. The van der Waals surface area contributed by atoms with Gasteiger partial charge in [-0.3, -0.25) is 0 Å². The van der Waals surface area contributed by atoms with E-state index in [1.54, 1.807) is 18.8 Å². The Morgan fingerprint density at radius 1 is 1.30 bits per heavy atom. The third-order valence-electron chi connectivity index (χ3n) is 2.79. The van der Waals surface area contributed by atoms with E-state index in [1.165, 1.54) is 6.20 Å². The van der Waals surface area contributed by atoms with Gasteiger partial charge in [0, 0.05) is 16.0 Å². The fourth-order valence-corrected chi connectivity index (χ4v) is 3.46. The highest BCUT2D eigenvalue weighted by Crippen LogP contribution is 2.37. The molecule has 0 fully saturated rings. The number of benzene rings is 1. The Kier molecular flexibility index (Phi) is 4.72. The molecule has 1 unspecified atom stereocenters. The minimum Gasteiger partial charge on any atom is -0.309 e. The van der Waals surface area contributed by atoms with Crippen LogP contribution in [-0.4, -0.2) is 18.3 Å². The van der Waals surface area contributed by atoms with Crippen LogP contribution >= 0.6 is 23.1 Å². The smallest absolute Gasteiger partial charge is 0.309 e. The van der Waals surface area contributed by atoms with E-state index in [9.17, 15) is 13.2 Å². The molecular formula is C13H13F3N2S2. The van der Waals surface area contributed by atoms with Crippen LogP contribution in [0.3, 0.4) is 0 Å². The summed E-state index contributed by atoms with van der Waals surface area (Å²) in [7, 11) is 1.73. The molecule has 0 spiro atoms. The average molecular weight is 318 g/mol. The lowest BCUT2D eigenvalue weighted by atomic mass is 10.1. The first-order chi connectivity index (χ1) is 9.47. The van der Waals surface area contributed by atoms with Crippen LogP contribution in [0.2, 0.25) is 0 Å². The monoisotopic (exact) mass is 318 g/mol. The van der Waals surface area contributed by atoms with Crippen molar-refractivity contribution in [2.45, 2.75) is 17.1 Å². The Morgan fingerprint density at radius 2 is 2.00 bits per heavy atom. The SMILES string of the molecule is CNC(c1cnc(C(F)(F)F)s1)c1ccccc1SC. The summed E-state index contributed by atoms with van der Waals surface area (Å²) in [6.07, 6.45) is -1.15. The first-order valence-electron chi connectivity index (χ1n) is 5.80. The van der Waals surface area contributed by atoms with Gasteiger partial charge < -0.3 is 5.32 Å². The quantitative estimate of drug-likeness (QED) is 0.856. The predicted octanol–water partition coefficient (Wildman–Crippen LogP) is 4.19. The van der Waals surface area contributed by atoms with Crippen LogP contribution < -0.4 is 5.32 Å². The van der Waals surface area contributed by atoms with Crippen LogP contribution in [-0.2, 0) is 6.18 Å². The number of nitrogens with zero attached hydrogens (tertiary/aromatic N) is 1. The summed E-state index contributed by atoms with van der Waals surface area (Å²) in [5.74, 6) is 0. The summed E-state index contributed by atoms with van der Waals surface area (Å²) in [5.41, 5.74) is 0.958. The number of aromatic nitrogens is 1. The Bertz CT molecular complexity index is 581. The summed E-state index contributed by atoms with van der Waals surface area (Å²) in [5, 5.41) is 2.25. The number of thioether (sulfide) groups is 1. The van der Waals surface area contributed by atoms with Crippen molar-refractivity contribution in [3.8, 4) is 0 Å². The van der Waals surface area contributed by atoms with E-state index < -0.39 is 11.2 Å². The van der Waals surface area contributed by atoms with Gasteiger partial charge in [0.05, 0.1) is 6.04 Å². The zero-order valence-electron chi connectivity index (χ0n) is 10.9. The van der Waals surface area contributed by atoms with E-state index in [0.29, 0.717) is 16.2 Å². The molecule has 0 amide bonds. The minimum atomic E-state index is -4.39. The standard InChI is InChI=1S/C13H13F3N2S2/c1-17-11(8-5-3-4-6-9(8)19-2)10-7-18-12(20-10)13(14,15)16/h3-7,11,17H,1-2H3. The van der Waals surface area contributed by atoms with Crippen molar-refractivity contribution < 1.29 is 13.2 Å². The Labute approximate surface area is 123 Å². The molecule has 1 aromatic heterocycles. The number of thiazole rings is 1. The lowest BCUT2D eigenvalue weighted by Crippen LogP contribution is -2.17. The van der Waals surface area contributed by atoms with Gasteiger partial charge in [-0.15, -0.1) is 23.1 Å². The first-order valence-corrected chi connectivity index (χ1v) is 7.84. The molecule has 0 saturated carbocycles. The molecule has 0 aliphatic carbocycles. The molecule has 0 aliphatic rings. The zero-order chi connectivity index (χ0) is 14.8. The van der Waals surface area contributed by atoms with Crippen molar-refractivity contribution in [3.05, 3.63) is 45.9 Å². The van der Waals surface area contributed by atoms with E-state index >= 15 is 0 Å². The highest BCUT2D eigenvalue weighted by Gasteiger charge is 2.35. The molecule has 7 heteroatoms. The lowest BCUT2D eigenvalue weighted by Gasteiger charge is -2.17. The van der Waals surface area contributed by atoms with Crippen molar-refractivity contribution in [2.24, 2.45) is 0 Å². The number of hydrogen-bond donors (Lipinski definition) is 1. The van der Waals surface area contributed by atoms with Gasteiger partial charge in [0.25, 0.3) is 0 Å². The van der Waals surface area contributed by atoms with Crippen molar-refractivity contribution in [3.63, 3.8) is 0 Å². The number of nitrogens with one attached hydrogen (secondary N) is 1. The van der Waals surface area contributed by atoms with Gasteiger partial charge in [-0.1, -0.05) is 18.2 Å². The second kappa shape index (κ2) is 6.15. The predicted molar refractivity (Wildman–Crippen MR) is 76.2 cm³/mol. The Morgan fingerprint density at radius 3 is 2.55 bits per heavy atom. The molecule has 1 N–H and O–H groups in total. The highest BCUT2D eigenvalue weighted by atomic mass is 32.2. The fourth-order valence-electron chi connectivity index (χ4n) is 1.91. The third kappa shape index (κ3) is 3.16. The molecule has 0 saturated heterocycles. The van der Waals surface area contributed by atoms with Gasteiger partial charge in [-0.2, -0.15) is 13.2 Å². The number of rotatable bonds is 4. The van der Waals surface area contributed by atoms with Gasteiger partial charge in [0.15, 0.2) is 5.01 Å². The minimum absolute atomic E-state index is 0.285. The fraction of sp³-hybridized carbons (Fsp3) is 0.308. The number of alkyl halides is 3. The van der Waals surface area contributed by atoms with E-state index in [0.717, 1.165) is 10.5 Å². The Hall–Kier alpha value is -1.05. The second-order valence-electron chi connectivity index (χ2n) is 4.03. The molecule has 2 nitrogen and oxygen atoms in total. The maximum atomic E-state index is 12.6. The van der Waals surface area contributed by atoms with Crippen molar-refractivity contribution in [1.29, 1.82) is 0 Å². The third-order valence-corrected chi connectivity index (χ3v) is 4.71. The summed E-state index contributed by atoms with van der Waals surface area (Å²) >= 11 is 2.25. The molecule has 0 aliphatic heterocycles. The van der Waals surface area contributed by atoms with Crippen molar-refractivity contribution in [1.82, 2.24) is 10.3 Å². The zero-order valence-corrected chi connectivity index (χ0v) is 12.5. The van der Waals surface area contributed by atoms with E-state index in [4.69, 9.17) is 0 Å². The maximum absolute atomic E-state index is 12.6. The van der Waals surface area contributed by atoms with Crippen LogP contribution in [0, 0.1) is 0 Å². The van der Waals surface area contributed by atoms with Crippen molar-refractivity contribution >= 4 is 23.1 Å².